The Morgan fingerprint density at radius 2 is 1.82 bits per heavy atom. The van der Waals surface area contributed by atoms with Crippen LogP contribution >= 0.6 is 11.6 Å². The van der Waals surface area contributed by atoms with Crippen molar-refractivity contribution in [3.63, 3.8) is 0 Å². The molecule has 0 fully saturated rings. The number of nitrogens with zero attached hydrogens (tertiary/aromatic N) is 1. The topological polar surface area (TPSA) is 23.8 Å². The third kappa shape index (κ3) is 2.91. The van der Waals surface area contributed by atoms with Crippen molar-refractivity contribution in [2.45, 2.75) is 0 Å². The molecular formula is C8H5ClLiN. The zero-order valence-corrected chi connectivity index (χ0v) is 6.97. The minimum Gasteiger partial charge on any atom is -0.207 e. The van der Waals surface area contributed by atoms with Crippen LogP contribution in [-0.4, -0.2) is 0 Å². The van der Waals surface area contributed by atoms with Gasteiger partial charge in [-0.15, -0.1) is 12.1 Å². The van der Waals surface area contributed by atoms with Crippen molar-refractivity contribution in [1.82, 2.24) is 0 Å². The van der Waals surface area contributed by atoms with E-state index in [0.717, 1.165) is 5.56 Å². The van der Waals surface area contributed by atoms with E-state index in [4.69, 9.17) is 16.9 Å². The fraction of sp³-hybridized carbons (Fsp3) is 0. The molecule has 50 valence electrons. The second-order valence-corrected chi connectivity index (χ2v) is 2.17. The fourth-order valence-corrected chi connectivity index (χ4v) is 0.775. The number of rotatable bonds is 1. The van der Waals surface area contributed by atoms with Crippen molar-refractivity contribution in [2.75, 3.05) is 0 Å². The predicted molar refractivity (Wildman–Crippen MR) is 40.3 cm³/mol. The van der Waals surface area contributed by atoms with E-state index in [1.165, 1.54) is 0 Å². The molecule has 0 spiro atoms. The third-order valence-electron chi connectivity index (χ3n) is 1.13. The Hall–Kier alpha value is -0.533. The van der Waals surface area contributed by atoms with Gasteiger partial charge < -0.3 is 0 Å². The molecule has 0 atom stereocenters. The van der Waals surface area contributed by atoms with E-state index in [1.807, 2.05) is 24.3 Å². The summed E-state index contributed by atoms with van der Waals surface area (Å²) >= 11 is 5.55. The molecule has 0 saturated heterocycles. The maximum atomic E-state index is 8.37. The number of halogens is 1. The first kappa shape index (κ1) is 10.5. The molecule has 1 rings (SSSR count). The van der Waals surface area contributed by atoms with Crippen LogP contribution < -0.4 is 18.9 Å². The molecule has 0 aliphatic rings. The van der Waals surface area contributed by atoms with Gasteiger partial charge in [0.25, 0.3) is 0 Å². The summed E-state index contributed by atoms with van der Waals surface area (Å²) in [7, 11) is 0. The first-order valence-corrected chi connectivity index (χ1v) is 3.20. The molecule has 0 radical (unpaired) electrons. The van der Waals surface area contributed by atoms with Crippen LogP contribution in [0.25, 0.3) is 0 Å². The normalized spacial score (nSPS) is 7.64. The van der Waals surface area contributed by atoms with Gasteiger partial charge in [0.2, 0.25) is 0 Å². The minimum atomic E-state index is 0. The van der Waals surface area contributed by atoms with Gasteiger partial charge in [-0.2, -0.15) is 29.3 Å². The van der Waals surface area contributed by atoms with Gasteiger partial charge in [0, 0.05) is 11.4 Å². The summed E-state index contributed by atoms with van der Waals surface area (Å²) in [5, 5.41) is 8.61. The van der Waals surface area contributed by atoms with Crippen LogP contribution in [0, 0.1) is 16.7 Å². The summed E-state index contributed by atoms with van der Waals surface area (Å²) in [6.07, 6.45) is 0. The van der Waals surface area contributed by atoms with E-state index in [2.05, 4.69) is 0 Å². The first-order valence-electron chi connectivity index (χ1n) is 2.82. The van der Waals surface area contributed by atoms with Gasteiger partial charge in [-0.25, -0.2) is 5.26 Å². The third-order valence-corrected chi connectivity index (χ3v) is 1.43. The van der Waals surface area contributed by atoms with Crippen LogP contribution in [0.3, 0.4) is 0 Å². The molecule has 1 nitrogen and oxygen atoms in total. The first-order chi connectivity index (χ1) is 4.84. The van der Waals surface area contributed by atoms with Crippen molar-refractivity contribution in [3.05, 3.63) is 41.3 Å². The van der Waals surface area contributed by atoms with Gasteiger partial charge in [0.15, 0.2) is 0 Å². The molecule has 0 N–H and O–H groups in total. The summed E-state index contributed by atoms with van der Waals surface area (Å²) in [5.41, 5.74) is 0.770. The molecule has 0 aliphatic carbocycles. The van der Waals surface area contributed by atoms with Gasteiger partial charge in [0.1, 0.15) is 0 Å². The Labute approximate surface area is 83.2 Å². The Morgan fingerprint density at radius 1 is 1.27 bits per heavy atom. The molecule has 0 bridgehead atoms. The number of benzene rings is 1. The van der Waals surface area contributed by atoms with Crippen LogP contribution in [0.5, 0.6) is 0 Å². The van der Waals surface area contributed by atoms with Crippen molar-refractivity contribution < 1.29 is 18.9 Å². The van der Waals surface area contributed by atoms with Crippen molar-refractivity contribution in [1.29, 1.82) is 5.26 Å². The van der Waals surface area contributed by atoms with Gasteiger partial charge in [0.05, 0.1) is 0 Å². The van der Waals surface area contributed by atoms with E-state index < -0.39 is 0 Å². The van der Waals surface area contributed by atoms with Crippen LogP contribution in [-0.2, 0) is 0 Å². The molecule has 3 heteroatoms. The molecule has 0 amide bonds. The van der Waals surface area contributed by atoms with Crippen molar-refractivity contribution >= 4 is 11.6 Å². The zero-order chi connectivity index (χ0) is 7.40. The largest absolute Gasteiger partial charge is 1.00 e. The van der Waals surface area contributed by atoms with Crippen LogP contribution in [0.1, 0.15) is 5.56 Å². The summed E-state index contributed by atoms with van der Waals surface area (Å²) < 4.78 is 0. The molecule has 0 heterocycles. The Bertz CT molecular complexity index is 242. The average Bonchev–Trinajstić information content (AvgIpc) is 2.05. The zero-order valence-electron chi connectivity index (χ0n) is 6.21. The minimum absolute atomic E-state index is 0. The van der Waals surface area contributed by atoms with E-state index in [1.54, 1.807) is 12.1 Å². The van der Waals surface area contributed by atoms with Gasteiger partial charge in [-0.05, 0) is 0 Å². The molecule has 11 heavy (non-hydrogen) atoms. The molecule has 1 aromatic rings. The van der Waals surface area contributed by atoms with E-state index in [-0.39, 0.29) is 24.2 Å². The quantitative estimate of drug-likeness (QED) is 0.392. The molecule has 1 aromatic carbocycles. The van der Waals surface area contributed by atoms with Crippen LogP contribution in [0.2, 0.25) is 0 Å². The molecular weight excluding hydrogens is 152 g/mol. The second kappa shape index (κ2) is 5.16. The SMILES string of the molecule is N#C[C-](Cl)c1ccccc1.[Li+]. The number of nitriles is 1. The van der Waals surface area contributed by atoms with Crippen molar-refractivity contribution in [3.8, 4) is 6.07 Å². The summed E-state index contributed by atoms with van der Waals surface area (Å²) in [6.45, 7) is 0. The maximum Gasteiger partial charge on any atom is 1.00 e. The van der Waals surface area contributed by atoms with Gasteiger partial charge >= 0.3 is 18.9 Å². The van der Waals surface area contributed by atoms with Crippen LogP contribution in [0.15, 0.2) is 30.3 Å². The van der Waals surface area contributed by atoms with E-state index in [0.29, 0.717) is 0 Å². The van der Waals surface area contributed by atoms with Gasteiger partial charge in [-0.1, -0.05) is 6.07 Å². The standard InChI is InChI=1S/C8H5ClN.Li/c9-8(6-10)7-4-2-1-3-5-7;/h1-5H;/q-1;+1. The second-order valence-electron chi connectivity index (χ2n) is 1.79. The maximum absolute atomic E-state index is 8.37. The monoisotopic (exact) mass is 157 g/mol. The average molecular weight is 158 g/mol. The Morgan fingerprint density at radius 3 is 2.27 bits per heavy atom. The summed E-state index contributed by atoms with van der Waals surface area (Å²) in [5.74, 6) is 0. The predicted octanol–water partition coefficient (Wildman–Crippen LogP) is -0.667. The molecule has 0 aliphatic heterocycles. The van der Waals surface area contributed by atoms with E-state index >= 15 is 0 Å². The molecule has 0 saturated carbocycles. The fourth-order valence-electron chi connectivity index (χ4n) is 0.649. The molecule has 0 unspecified atom stereocenters. The summed E-state index contributed by atoms with van der Waals surface area (Å²) in [6, 6.07) is 11.0. The Kier molecular flexibility index (Phi) is 4.91. The summed E-state index contributed by atoms with van der Waals surface area (Å²) in [4.78, 5) is 0. The Balaban J connectivity index is 0.000001000. The molecule has 0 aromatic heterocycles. The van der Waals surface area contributed by atoms with Crippen molar-refractivity contribution in [2.24, 2.45) is 0 Å². The van der Waals surface area contributed by atoms with Crippen LogP contribution in [0.4, 0.5) is 0 Å². The number of hydrogen-bond donors (Lipinski definition) is 0. The smallest absolute Gasteiger partial charge is 0.207 e. The van der Waals surface area contributed by atoms with E-state index in [9.17, 15) is 0 Å². The number of hydrogen-bond acceptors (Lipinski definition) is 1. The van der Waals surface area contributed by atoms with Gasteiger partial charge in [-0.3, -0.25) is 0 Å².